The van der Waals surface area contributed by atoms with E-state index in [1.165, 1.54) is 46.1 Å². The zero-order valence-electron chi connectivity index (χ0n) is 15.6. The van der Waals surface area contributed by atoms with Crippen molar-refractivity contribution in [3.63, 3.8) is 0 Å². The topological polar surface area (TPSA) is 14.2 Å². The molecule has 0 saturated heterocycles. The van der Waals surface area contributed by atoms with E-state index in [-0.39, 0.29) is 0 Å². The fourth-order valence-corrected chi connectivity index (χ4v) is 4.08. The Labute approximate surface area is 160 Å². The van der Waals surface area contributed by atoms with Gasteiger partial charge in [-0.25, -0.2) is 0 Å². The second kappa shape index (κ2) is 6.62. The van der Waals surface area contributed by atoms with Gasteiger partial charge in [-0.3, -0.25) is 0 Å². The van der Waals surface area contributed by atoms with Crippen molar-refractivity contribution in [2.75, 3.05) is 7.11 Å². The van der Waals surface area contributed by atoms with Crippen LogP contribution in [0, 0.1) is 0 Å². The Hall–Kier alpha value is -3.00. The molecule has 0 bridgehead atoms. The smallest absolute Gasteiger partial charge is 0.128 e. The van der Waals surface area contributed by atoms with Gasteiger partial charge in [0.1, 0.15) is 5.75 Å². The predicted octanol–water partition coefficient (Wildman–Crippen LogP) is 6.24. The summed E-state index contributed by atoms with van der Waals surface area (Å²) < 4.78 is 8.12. The number of fused-ring (bicyclic) bond motifs is 1. The van der Waals surface area contributed by atoms with E-state index in [2.05, 4.69) is 83.4 Å². The van der Waals surface area contributed by atoms with Crippen LogP contribution in [0.4, 0.5) is 0 Å². The molecule has 1 aromatic heterocycles. The molecule has 0 N–H and O–H groups in total. The molecular weight excluding hydrogens is 330 g/mol. The first kappa shape index (κ1) is 16.2. The van der Waals surface area contributed by atoms with E-state index in [9.17, 15) is 0 Å². The summed E-state index contributed by atoms with van der Waals surface area (Å²) in [6, 6.07) is 28.1. The third-order valence-electron chi connectivity index (χ3n) is 5.58. The lowest BCUT2D eigenvalue weighted by molar-refractivity contribution is 0.420. The van der Waals surface area contributed by atoms with Crippen LogP contribution in [-0.4, -0.2) is 11.7 Å². The number of methoxy groups -OCH3 is 1. The molecule has 27 heavy (non-hydrogen) atoms. The second-order valence-electron chi connectivity index (χ2n) is 7.35. The molecule has 0 unspecified atom stereocenters. The molecule has 1 fully saturated rings. The van der Waals surface area contributed by atoms with Crippen LogP contribution in [0.25, 0.3) is 22.0 Å². The predicted molar refractivity (Wildman–Crippen MR) is 111 cm³/mol. The van der Waals surface area contributed by atoms with Crippen molar-refractivity contribution in [1.82, 2.24) is 4.57 Å². The first-order chi connectivity index (χ1) is 13.3. The summed E-state index contributed by atoms with van der Waals surface area (Å²) in [5, 5.41) is 1.22. The van der Waals surface area contributed by atoms with E-state index >= 15 is 0 Å². The average molecular weight is 353 g/mol. The lowest BCUT2D eigenvalue weighted by atomic mass is 9.99. The van der Waals surface area contributed by atoms with Crippen LogP contribution in [0.1, 0.15) is 30.0 Å². The quantitative estimate of drug-likeness (QED) is 0.414. The summed E-state index contributed by atoms with van der Waals surface area (Å²) in [7, 11) is 1.76. The number of benzene rings is 3. The van der Waals surface area contributed by atoms with Crippen molar-refractivity contribution < 1.29 is 4.74 Å². The van der Waals surface area contributed by atoms with E-state index in [0.29, 0.717) is 5.92 Å². The number of nitrogens with zero attached hydrogens (tertiary/aromatic N) is 1. The van der Waals surface area contributed by atoms with Crippen LogP contribution < -0.4 is 4.74 Å². The molecule has 0 radical (unpaired) electrons. The van der Waals surface area contributed by atoms with Crippen LogP contribution in [0.5, 0.6) is 5.75 Å². The maximum atomic E-state index is 5.63. The third-order valence-corrected chi connectivity index (χ3v) is 5.58. The van der Waals surface area contributed by atoms with Crippen molar-refractivity contribution in [3.8, 4) is 16.9 Å². The number of aromatic nitrogens is 1. The van der Waals surface area contributed by atoms with Gasteiger partial charge in [-0.1, -0.05) is 60.7 Å². The SMILES string of the molecule is COc1cccc2c1cc(C1CC1)n2Cc1ccccc1-c1ccccc1. The number of hydrogen-bond donors (Lipinski definition) is 0. The van der Waals surface area contributed by atoms with Crippen molar-refractivity contribution in [2.24, 2.45) is 0 Å². The van der Waals surface area contributed by atoms with Crippen LogP contribution in [0.15, 0.2) is 78.9 Å². The minimum atomic E-state index is 0.686. The van der Waals surface area contributed by atoms with Gasteiger partial charge in [-0.2, -0.15) is 0 Å². The number of rotatable bonds is 5. The zero-order valence-corrected chi connectivity index (χ0v) is 15.6. The van der Waals surface area contributed by atoms with Gasteiger partial charge in [0.2, 0.25) is 0 Å². The molecule has 2 nitrogen and oxygen atoms in total. The molecule has 5 rings (SSSR count). The number of ether oxygens (including phenoxy) is 1. The molecule has 0 spiro atoms. The first-order valence-electron chi connectivity index (χ1n) is 9.64. The van der Waals surface area contributed by atoms with Crippen LogP contribution in [-0.2, 0) is 6.54 Å². The Morgan fingerprint density at radius 2 is 1.67 bits per heavy atom. The van der Waals surface area contributed by atoms with Crippen molar-refractivity contribution in [3.05, 3.63) is 90.1 Å². The summed E-state index contributed by atoms with van der Waals surface area (Å²) in [4.78, 5) is 0. The Kier molecular flexibility index (Phi) is 3.97. The molecule has 0 aliphatic heterocycles. The zero-order chi connectivity index (χ0) is 18.2. The molecular formula is C25H23NO. The van der Waals surface area contributed by atoms with Crippen molar-refractivity contribution >= 4 is 10.9 Å². The summed E-state index contributed by atoms with van der Waals surface area (Å²) in [6.45, 7) is 0.883. The molecule has 1 saturated carbocycles. The molecule has 2 heteroatoms. The van der Waals surface area contributed by atoms with Gasteiger partial charge in [0.25, 0.3) is 0 Å². The molecule has 0 amide bonds. The van der Waals surface area contributed by atoms with Gasteiger partial charge < -0.3 is 9.30 Å². The van der Waals surface area contributed by atoms with E-state index < -0.39 is 0 Å². The molecule has 1 heterocycles. The van der Waals surface area contributed by atoms with Gasteiger partial charge >= 0.3 is 0 Å². The van der Waals surface area contributed by atoms with E-state index in [4.69, 9.17) is 4.74 Å². The fraction of sp³-hybridized carbons (Fsp3) is 0.200. The lowest BCUT2D eigenvalue weighted by Gasteiger charge is -2.15. The molecule has 1 aliphatic carbocycles. The minimum Gasteiger partial charge on any atom is -0.496 e. The molecule has 4 aromatic rings. The Balaban J connectivity index is 1.65. The van der Waals surface area contributed by atoms with Crippen LogP contribution >= 0.6 is 0 Å². The lowest BCUT2D eigenvalue weighted by Crippen LogP contribution is -2.04. The molecule has 0 atom stereocenters. The third kappa shape index (κ3) is 2.91. The van der Waals surface area contributed by atoms with Gasteiger partial charge in [-0.15, -0.1) is 0 Å². The summed E-state index contributed by atoms with van der Waals surface area (Å²) in [6.07, 6.45) is 2.58. The highest BCUT2D eigenvalue weighted by atomic mass is 16.5. The van der Waals surface area contributed by atoms with Crippen molar-refractivity contribution in [1.29, 1.82) is 0 Å². The Morgan fingerprint density at radius 3 is 2.44 bits per heavy atom. The summed E-state index contributed by atoms with van der Waals surface area (Å²) in [5.41, 5.74) is 6.64. The maximum absolute atomic E-state index is 5.63. The highest BCUT2D eigenvalue weighted by Gasteiger charge is 2.28. The first-order valence-corrected chi connectivity index (χ1v) is 9.64. The fourth-order valence-electron chi connectivity index (χ4n) is 4.08. The Morgan fingerprint density at radius 1 is 0.889 bits per heavy atom. The summed E-state index contributed by atoms with van der Waals surface area (Å²) >= 11 is 0. The second-order valence-corrected chi connectivity index (χ2v) is 7.35. The maximum Gasteiger partial charge on any atom is 0.128 e. The molecule has 1 aliphatic rings. The van der Waals surface area contributed by atoms with Gasteiger partial charge in [0, 0.05) is 17.6 Å². The van der Waals surface area contributed by atoms with Crippen LogP contribution in [0.2, 0.25) is 0 Å². The van der Waals surface area contributed by atoms with Crippen LogP contribution in [0.3, 0.4) is 0 Å². The standard InChI is InChI=1S/C25H23NO/c1-27-25-13-7-12-23-22(25)16-24(19-14-15-19)26(23)17-20-10-5-6-11-21(20)18-8-3-2-4-9-18/h2-13,16,19H,14-15,17H2,1H3. The molecule has 3 aromatic carbocycles. The van der Waals surface area contributed by atoms with Gasteiger partial charge in [0.15, 0.2) is 0 Å². The normalized spacial score (nSPS) is 13.8. The van der Waals surface area contributed by atoms with E-state index in [1.807, 2.05) is 0 Å². The monoisotopic (exact) mass is 353 g/mol. The Bertz CT molecular complexity index is 1090. The average Bonchev–Trinajstić information content (AvgIpc) is 3.51. The number of hydrogen-bond acceptors (Lipinski definition) is 1. The summed E-state index contributed by atoms with van der Waals surface area (Å²) in [5.74, 6) is 1.65. The largest absolute Gasteiger partial charge is 0.496 e. The van der Waals surface area contributed by atoms with Crippen molar-refractivity contribution in [2.45, 2.75) is 25.3 Å². The molecule has 134 valence electrons. The highest BCUT2D eigenvalue weighted by molar-refractivity contribution is 5.88. The highest BCUT2D eigenvalue weighted by Crippen LogP contribution is 2.44. The van der Waals surface area contributed by atoms with Gasteiger partial charge in [0.05, 0.1) is 12.6 Å². The minimum absolute atomic E-state index is 0.686. The van der Waals surface area contributed by atoms with E-state index in [0.717, 1.165) is 12.3 Å². The van der Waals surface area contributed by atoms with Gasteiger partial charge in [-0.05, 0) is 53.6 Å². The van der Waals surface area contributed by atoms with E-state index in [1.54, 1.807) is 7.11 Å².